The maximum Gasteiger partial charge on any atom is 0.329 e. The highest BCUT2D eigenvalue weighted by atomic mass is 16.5. The van der Waals surface area contributed by atoms with Gasteiger partial charge in [0.15, 0.2) is 0 Å². The van der Waals surface area contributed by atoms with Crippen LogP contribution in [0.4, 0.5) is 0 Å². The van der Waals surface area contributed by atoms with E-state index in [1.807, 2.05) is 13.8 Å². The van der Waals surface area contributed by atoms with E-state index >= 15 is 0 Å². The Kier molecular flexibility index (Phi) is 5.35. The molecule has 1 heterocycles. The van der Waals surface area contributed by atoms with Crippen LogP contribution in [0.1, 0.15) is 62.8 Å². The summed E-state index contributed by atoms with van der Waals surface area (Å²) < 4.78 is 5.40. The Morgan fingerprint density at radius 3 is 2.04 bits per heavy atom. The van der Waals surface area contributed by atoms with Crippen LogP contribution in [0, 0.1) is 13.8 Å². The van der Waals surface area contributed by atoms with Crippen molar-refractivity contribution in [2.75, 3.05) is 0 Å². The molecular weight excluding hydrogens is 318 g/mol. The molecule has 5 heteroatoms. The quantitative estimate of drug-likeness (QED) is 0.621. The third kappa shape index (κ3) is 4.09. The molecule has 5 nitrogen and oxygen atoms in total. The number of likely N-dealkylation sites (tertiary alicyclic amines) is 1. The van der Waals surface area contributed by atoms with Crippen LogP contribution in [-0.2, 0) is 31.1 Å². The Balaban J connectivity index is 2.09. The molecule has 0 radical (unpaired) electrons. The van der Waals surface area contributed by atoms with Gasteiger partial charge >= 0.3 is 5.97 Å². The minimum atomic E-state index is -0.878. The molecule has 0 N–H and O–H groups in total. The first-order chi connectivity index (χ1) is 11.5. The van der Waals surface area contributed by atoms with Gasteiger partial charge in [0.05, 0.1) is 0 Å². The van der Waals surface area contributed by atoms with Gasteiger partial charge in [-0.2, -0.15) is 0 Å². The zero-order valence-electron chi connectivity index (χ0n) is 15.9. The van der Waals surface area contributed by atoms with E-state index in [0.29, 0.717) is 0 Å². The largest absolute Gasteiger partial charge is 0.459 e. The lowest BCUT2D eigenvalue weighted by Gasteiger charge is -2.23. The van der Waals surface area contributed by atoms with Crippen molar-refractivity contribution in [1.82, 2.24) is 4.90 Å². The third-order valence-corrected chi connectivity index (χ3v) is 4.74. The molecule has 25 heavy (non-hydrogen) atoms. The average molecular weight is 345 g/mol. The number of rotatable bonds is 4. The molecule has 1 atom stereocenters. The summed E-state index contributed by atoms with van der Waals surface area (Å²) in [6, 6.07) is 3.36. The molecule has 0 saturated carbocycles. The lowest BCUT2D eigenvalue weighted by molar-refractivity contribution is -0.158. The molecular formula is C20H27NO4. The van der Waals surface area contributed by atoms with Gasteiger partial charge in [0, 0.05) is 12.8 Å². The molecule has 0 spiro atoms. The minimum absolute atomic E-state index is 0.0513. The topological polar surface area (TPSA) is 63.7 Å². The number of ether oxygens (including phenoxy) is 1. The molecule has 136 valence electrons. The molecule has 0 aromatic heterocycles. The molecule has 1 aromatic rings. The number of hydrogen-bond donors (Lipinski definition) is 0. The smallest absolute Gasteiger partial charge is 0.329 e. The first-order valence-corrected chi connectivity index (χ1v) is 8.64. The Labute approximate surface area is 149 Å². The minimum Gasteiger partial charge on any atom is -0.459 e. The molecule has 1 aliphatic heterocycles. The monoisotopic (exact) mass is 345 g/mol. The fourth-order valence-electron chi connectivity index (χ4n) is 3.05. The Hall–Kier alpha value is -2.17. The highest BCUT2D eigenvalue weighted by Crippen LogP contribution is 2.27. The predicted molar refractivity (Wildman–Crippen MR) is 95.0 cm³/mol. The molecule has 1 aliphatic rings. The first-order valence-electron chi connectivity index (χ1n) is 8.64. The molecule has 1 saturated heterocycles. The van der Waals surface area contributed by atoms with Gasteiger partial charge in [-0.25, -0.2) is 4.79 Å². The van der Waals surface area contributed by atoms with Crippen LogP contribution >= 0.6 is 0 Å². The highest BCUT2D eigenvalue weighted by molar-refractivity contribution is 6.04. The number of esters is 1. The van der Waals surface area contributed by atoms with Gasteiger partial charge in [0.2, 0.25) is 11.8 Å². The number of benzene rings is 1. The van der Waals surface area contributed by atoms with E-state index in [1.165, 1.54) is 12.5 Å². The third-order valence-electron chi connectivity index (χ3n) is 4.74. The molecule has 0 unspecified atom stereocenters. The fraction of sp³-hybridized carbons (Fsp3) is 0.550. The van der Waals surface area contributed by atoms with Crippen molar-refractivity contribution in [3.63, 3.8) is 0 Å². The summed E-state index contributed by atoms with van der Waals surface area (Å²) in [4.78, 5) is 36.8. The van der Waals surface area contributed by atoms with Crippen molar-refractivity contribution in [1.29, 1.82) is 0 Å². The molecule has 2 amide bonds. The summed E-state index contributed by atoms with van der Waals surface area (Å²) >= 11 is 0. The number of imide groups is 1. The summed E-state index contributed by atoms with van der Waals surface area (Å²) in [6.07, 6.45) is 0.339. The average Bonchev–Trinajstić information content (AvgIpc) is 2.83. The van der Waals surface area contributed by atoms with E-state index in [4.69, 9.17) is 4.74 Å². The lowest BCUT2D eigenvalue weighted by atomic mass is 9.84. The highest BCUT2D eigenvalue weighted by Gasteiger charge is 2.37. The van der Waals surface area contributed by atoms with E-state index in [2.05, 4.69) is 32.9 Å². The summed E-state index contributed by atoms with van der Waals surface area (Å²) in [6.45, 7) is 12.2. The van der Waals surface area contributed by atoms with Crippen LogP contribution in [0.5, 0.6) is 0 Å². The fourth-order valence-corrected chi connectivity index (χ4v) is 3.05. The summed E-state index contributed by atoms with van der Waals surface area (Å²) in [7, 11) is 0. The summed E-state index contributed by atoms with van der Waals surface area (Å²) in [5, 5.41) is 0. The molecule has 1 fully saturated rings. The van der Waals surface area contributed by atoms with Crippen LogP contribution in [0.3, 0.4) is 0 Å². The van der Waals surface area contributed by atoms with E-state index in [-0.39, 0.29) is 36.7 Å². The van der Waals surface area contributed by atoms with E-state index in [0.717, 1.165) is 21.6 Å². The Morgan fingerprint density at radius 1 is 1.12 bits per heavy atom. The van der Waals surface area contributed by atoms with Crippen LogP contribution in [0.25, 0.3) is 0 Å². The van der Waals surface area contributed by atoms with Gasteiger partial charge in [-0.1, -0.05) is 32.9 Å². The SMILES string of the molecule is Cc1cc(C(C)(C)C)cc(C)c1COC(=O)[C@H](C)N1C(=O)CCC1=O. The molecule has 2 rings (SSSR count). The lowest BCUT2D eigenvalue weighted by Crippen LogP contribution is -2.43. The van der Waals surface area contributed by atoms with Crippen LogP contribution in [0.2, 0.25) is 0 Å². The first kappa shape index (κ1) is 19.2. The second kappa shape index (κ2) is 6.98. The van der Waals surface area contributed by atoms with Crippen LogP contribution in [0.15, 0.2) is 12.1 Å². The second-order valence-electron chi connectivity index (χ2n) is 7.78. The standard InChI is InChI=1S/C20H27NO4/c1-12-9-15(20(4,5)6)10-13(2)16(12)11-25-19(24)14(3)21-17(22)7-8-18(21)23/h9-10,14H,7-8,11H2,1-6H3/t14-/m0/s1. The predicted octanol–water partition coefficient (Wildman–Crippen LogP) is 3.18. The number of amides is 2. The van der Waals surface area contributed by atoms with Crippen molar-refractivity contribution in [2.45, 2.75) is 72.4 Å². The van der Waals surface area contributed by atoms with Gasteiger partial charge in [-0.05, 0) is 48.4 Å². The van der Waals surface area contributed by atoms with E-state index in [1.54, 1.807) is 0 Å². The molecule has 0 aliphatic carbocycles. The number of aryl methyl sites for hydroxylation is 2. The number of carbonyl (C=O) groups is 3. The summed E-state index contributed by atoms with van der Waals surface area (Å²) in [5.41, 5.74) is 4.39. The van der Waals surface area contributed by atoms with Crippen molar-refractivity contribution in [3.8, 4) is 0 Å². The zero-order chi connectivity index (χ0) is 18.9. The van der Waals surface area contributed by atoms with Crippen LogP contribution < -0.4 is 0 Å². The Morgan fingerprint density at radius 2 is 1.60 bits per heavy atom. The van der Waals surface area contributed by atoms with Crippen LogP contribution in [-0.4, -0.2) is 28.7 Å². The maximum absolute atomic E-state index is 12.3. The van der Waals surface area contributed by atoms with Crippen molar-refractivity contribution in [2.24, 2.45) is 0 Å². The maximum atomic E-state index is 12.3. The summed E-state index contributed by atoms with van der Waals surface area (Å²) in [5.74, 6) is -1.17. The van der Waals surface area contributed by atoms with Gasteiger partial charge < -0.3 is 4.74 Å². The second-order valence-corrected chi connectivity index (χ2v) is 7.78. The number of nitrogens with zero attached hydrogens (tertiary/aromatic N) is 1. The van der Waals surface area contributed by atoms with E-state index in [9.17, 15) is 14.4 Å². The van der Waals surface area contributed by atoms with Crippen molar-refractivity contribution < 1.29 is 19.1 Å². The molecule has 0 bridgehead atoms. The van der Waals surface area contributed by atoms with E-state index < -0.39 is 12.0 Å². The Bertz CT molecular complexity index is 676. The number of carbonyl (C=O) groups excluding carboxylic acids is 3. The van der Waals surface area contributed by atoms with Gasteiger partial charge in [-0.15, -0.1) is 0 Å². The number of hydrogen-bond acceptors (Lipinski definition) is 4. The van der Waals surface area contributed by atoms with Crippen molar-refractivity contribution in [3.05, 3.63) is 34.4 Å². The van der Waals surface area contributed by atoms with Crippen molar-refractivity contribution >= 4 is 17.8 Å². The molecule has 1 aromatic carbocycles. The van der Waals surface area contributed by atoms with Gasteiger partial charge in [0.25, 0.3) is 0 Å². The van der Waals surface area contributed by atoms with Gasteiger partial charge in [-0.3, -0.25) is 14.5 Å². The zero-order valence-corrected chi connectivity index (χ0v) is 15.9. The normalized spacial score (nSPS) is 16.3. The van der Waals surface area contributed by atoms with Gasteiger partial charge in [0.1, 0.15) is 12.6 Å².